The molecule has 0 bridgehead atoms. The lowest BCUT2D eigenvalue weighted by atomic mass is 9.67. The van der Waals surface area contributed by atoms with Crippen LogP contribution in [0.4, 0.5) is 4.79 Å². The Morgan fingerprint density at radius 1 is 1.18 bits per heavy atom. The topological polar surface area (TPSA) is 61.4 Å². The van der Waals surface area contributed by atoms with Gasteiger partial charge in [-0.05, 0) is 57.7 Å². The molecular weight excluding hydrogens is 278 g/mol. The molecule has 1 saturated carbocycles. The molecule has 3 amide bonds. The lowest BCUT2D eigenvalue weighted by Crippen LogP contribution is -2.57. The van der Waals surface area contributed by atoms with Crippen LogP contribution in [0.15, 0.2) is 23.8 Å². The van der Waals surface area contributed by atoms with Gasteiger partial charge in [0, 0.05) is 5.54 Å². The molecule has 0 aromatic heterocycles. The summed E-state index contributed by atoms with van der Waals surface area (Å²) >= 11 is 0. The van der Waals surface area contributed by atoms with Crippen molar-refractivity contribution in [2.45, 2.75) is 50.1 Å². The van der Waals surface area contributed by atoms with E-state index >= 15 is 0 Å². The number of likely N-dealkylation sites (N-methyl/N-ethyl adjacent to an activating group) is 1. The minimum Gasteiger partial charge on any atom is -0.323 e. The highest BCUT2D eigenvalue weighted by atomic mass is 16.2. The second kappa shape index (κ2) is 5.23. The minimum atomic E-state index is -0.693. The summed E-state index contributed by atoms with van der Waals surface area (Å²) in [5.74, 6) is 0.397. The summed E-state index contributed by atoms with van der Waals surface area (Å²) in [6, 6.07) is -0.354. The molecule has 120 valence electrons. The van der Waals surface area contributed by atoms with Crippen molar-refractivity contribution in [2.24, 2.45) is 5.92 Å². The third-order valence-electron chi connectivity index (χ3n) is 5.61. The van der Waals surface area contributed by atoms with Gasteiger partial charge in [0.05, 0.1) is 0 Å². The van der Waals surface area contributed by atoms with E-state index in [0.717, 1.165) is 19.3 Å². The Bertz CT molecular complexity index is 554. The third-order valence-corrected chi connectivity index (χ3v) is 5.61. The molecule has 1 aliphatic heterocycles. The Hall–Kier alpha value is -1.62. The molecule has 2 N–H and O–H groups in total. The van der Waals surface area contributed by atoms with Crippen molar-refractivity contribution in [3.8, 4) is 0 Å². The summed E-state index contributed by atoms with van der Waals surface area (Å²) in [7, 11) is 4.22. The van der Waals surface area contributed by atoms with E-state index in [1.54, 1.807) is 0 Å². The number of hydrogen-bond donors (Lipinski definition) is 2. The molecule has 2 aliphatic carbocycles. The molecule has 0 radical (unpaired) electrons. The quantitative estimate of drug-likeness (QED) is 0.767. The highest BCUT2D eigenvalue weighted by Crippen LogP contribution is 2.44. The molecule has 3 aliphatic rings. The fourth-order valence-corrected chi connectivity index (χ4v) is 4.11. The maximum Gasteiger partial charge on any atom is 0.322 e. The van der Waals surface area contributed by atoms with E-state index in [1.165, 1.54) is 5.57 Å². The van der Waals surface area contributed by atoms with Crippen LogP contribution in [0, 0.1) is 5.92 Å². The number of allylic oxidation sites excluding steroid dienone is 2. The number of nitrogens with one attached hydrogen (secondary N) is 2. The molecule has 5 nitrogen and oxygen atoms in total. The van der Waals surface area contributed by atoms with Gasteiger partial charge in [-0.1, -0.05) is 25.2 Å². The van der Waals surface area contributed by atoms with E-state index in [1.807, 2.05) is 0 Å². The zero-order valence-corrected chi connectivity index (χ0v) is 13.6. The van der Waals surface area contributed by atoms with Gasteiger partial charge in [0.1, 0.15) is 5.54 Å². The first kappa shape index (κ1) is 15.3. The highest BCUT2D eigenvalue weighted by Gasteiger charge is 2.53. The summed E-state index contributed by atoms with van der Waals surface area (Å²) in [6.45, 7) is 2.24. The zero-order valence-electron chi connectivity index (χ0n) is 13.6. The van der Waals surface area contributed by atoms with Gasteiger partial charge in [-0.3, -0.25) is 15.0 Å². The summed E-state index contributed by atoms with van der Waals surface area (Å²) in [5, 5.41) is 5.24. The Kier molecular flexibility index (Phi) is 3.63. The number of rotatable bonds is 2. The number of carbonyl (C=O) groups excluding carboxylic acids is 2. The summed E-state index contributed by atoms with van der Waals surface area (Å²) in [5.41, 5.74) is 0.626. The first-order chi connectivity index (χ1) is 10.4. The van der Waals surface area contributed by atoms with E-state index in [9.17, 15) is 9.59 Å². The van der Waals surface area contributed by atoms with Crippen molar-refractivity contribution in [3.05, 3.63) is 23.8 Å². The van der Waals surface area contributed by atoms with Crippen LogP contribution in [0.2, 0.25) is 0 Å². The van der Waals surface area contributed by atoms with Crippen molar-refractivity contribution < 1.29 is 9.59 Å². The Balaban J connectivity index is 1.86. The van der Waals surface area contributed by atoms with Crippen LogP contribution in [-0.2, 0) is 4.79 Å². The number of amides is 3. The first-order valence-corrected chi connectivity index (χ1v) is 8.08. The van der Waals surface area contributed by atoms with Crippen LogP contribution < -0.4 is 10.6 Å². The average molecular weight is 303 g/mol. The van der Waals surface area contributed by atoms with Crippen LogP contribution >= 0.6 is 0 Å². The molecule has 1 spiro atoms. The maximum absolute atomic E-state index is 12.1. The Morgan fingerprint density at radius 3 is 2.36 bits per heavy atom. The normalized spacial score (nSPS) is 38.2. The molecule has 22 heavy (non-hydrogen) atoms. The van der Waals surface area contributed by atoms with E-state index in [-0.39, 0.29) is 17.5 Å². The van der Waals surface area contributed by atoms with Crippen LogP contribution in [0.25, 0.3) is 0 Å². The lowest BCUT2D eigenvalue weighted by molar-refractivity contribution is -0.125. The predicted octanol–water partition coefficient (Wildman–Crippen LogP) is 1.96. The van der Waals surface area contributed by atoms with Crippen molar-refractivity contribution in [3.63, 3.8) is 0 Å². The SMILES string of the molecule is CC1C=C(C2(N(C)C)CCC3(CC2)NC(=O)NC3=O)C=CC1. The lowest BCUT2D eigenvalue weighted by Gasteiger charge is -2.49. The largest absolute Gasteiger partial charge is 0.323 e. The zero-order chi connectivity index (χ0) is 16.0. The van der Waals surface area contributed by atoms with Gasteiger partial charge in [0.15, 0.2) is 0 Å². The van der Waals surface area contributed by atoms with Gasteiger partial charge < -0.3 is 5.32 Å². The number of urea groups is 1. The van der Waals surface area contributed by atoms with E-state index in [4.69, 9.17) is 0 Å². The van der Waals surface area contributed by atoms with Crippen molar-refractivity contribution in [1.82, 2.24) is 15.5 Å². The van der Waals surface area contributed by atoms with Crippen LogP contribution in [0.5, 0.6) is 0 Å². The number of carbonyl (C=O) groups is 2. The van der Waals surface area contributed by atoms with Gasteiger partial charge in [-0.15, -0.1) is 0 Å². The van der Waals surface area contributed by atoms with Crippen molar-refractivity contribution in [1.29, 1.82) is 0 Å². The fourth-order valence-electron chi connectivity index (χ4n) is 4.11. The monoisotopic (exact) mass is 303 g/mol. The molecule has 5 heteroatoms. The fraction of sp³-hybridized carbons (Fsp3) is 0.647. The number of imide groups is 1. The van der Waals surface area contributed by atoms with Gasteiger partial charge >= 0.3 is 6.03 Å². The van der Waals surface area contributed by atoms with Gasteiger partial charge in [-0.25, -0.2) is 4.79 Å². The van der Waals surface area contributed by atoms with E-state index in [2.05, 4.69) is 54.8 Å². The molecule has 0 aromatic rings. The summed E-state index contributed by atoms with van der Waals surface area (Å²) in [4.78, 5) is 25.9. The average Bonchev–Trinajstić information content (AvgIpc) is 2.74. The van der Waals surface area contributed by atoms with Crippen LogP contribution in [0.3, 0.4) is 0 Å². The van der Waals surface area contributed by atoms with Gasteiger partial charge in [-0.2, -0.15) is 0 Å². The number of nitrogens with zero attached hydrogens (tertiary/aromatic N) is 1. The highest BCUT2D eigenvalue weighted by molar-refractivity contribution is 6.07. The molecule has 3 rings (SSSR count). The summed E-state index contributed by atoms with van der Waals surface area (Å²) in [6.07, 6.45) is 11.1. The summed E-state index contributed by atoms with van der Waals surface area (Å²) < 4.78 is 0. The van der Waals surface area contributed by atoms with E-state index in [0.29, 0.717) is 18.8 Å². The molecule has 1 heterocycles. The smallest absolute Gasteiger partial charge is 0.322 e. The molecule has 0 aromatic carbocycles. The molecular formula is C17H25N3O2. The third kappa shape index (κ3) is 2.28. The Morgan fingerprint density at radius 2 is 1.86 bits per heavy atom. The number of hydrogen-bond acceptors (Lipinski definition) is 3. The van der Waals surface area contributed by atoms with Gasteiger partial charge in [0.25, 0.3) is 5.91 Å². The van der Waals surface area contributed by atoms with Crippen molar-refractivity contribution in [2.75, 3.05) is 14.1 Å². The minimum absolute atomic E-state index is 0.0377. The standard InChI is InChI=1S/C17H25N3O2/c1-12-5-4-6-13(11-12)17(20(2)3)9-7-16(8-10-17)14(21)18-15(22)19-16/h4,6,11-12H,5,7-10H2,1-3H3,(H2,18,19,21,22). The van der Waals surface area contributed by atoms with Crippen LogP contribution in [0.1, 0.15) is 39.0 Å². The van der Waals surface area contributed by atoms with Crippen molar-refractivity contribution >= 4 is 11.9 Å². The van der Waals surface area contributed by atoms with Crippen LogP contribution in [-0.4, -0.2) is 42.0 Å². The predicted molar refractivity (Wildman–Crippen MR) is 85.3 cm³/mol. The molecule has 2 fully saturated rings. The molecule has 1 atom stereocenters. The molecule has 1 saturated heterocycles. The van der Waals surface area contributed by atoms with E-state index < -0.39 is 5.54 Å². The Labute approximate surface area is 131 Å². The van der Waals surface area contributed by atoms with Gasteiger partial charge in [0.2, 0.25) is 0 Å². The maximum atomic E-state index is 12.1. The second-order valence-corrected chi connectivity index (χ2v) is 7.15. The first-order valence-electron chi connectivity index (χ1n) is 8.08. The second-order valence-electron chi connectivity index (χ2n) is 7.15. The molecule has 1 unspecified atom stereocenters.